The Morgan fingerprint density at radius 2 is 1.95 bits per heavy atom. The van der Waals surface area contributed by atoms with Crippen molar-refractivity contribution in [2.24, 2.45) is 0 Å². The molecule has 0 aliphatic heterocycles. The number of nitrogens with two attached hydrogens (primary N) is 1. The van der Waals surface area contributed by atoms with E-state index in [2.05, 4.69) is 0 Å². The van der Waals surface area contributed by atoms with Crippen LogP contribution in [-0.2, 0) is 0 Å². The lowest BCUT2D eigenvalue weighted by molar-refractivity contribution is 0.0736. The predicted octanol–water partition coefficient (Wildman–Crippen LogP) is 2.95. The molecule has 1 amide bonds. The Hall–Kier alpha value is -2.56. The highest BCUT2D eigenvalue weighted by atomic mass is 19.1. The molecule has 2 aromatic carbocycles. The van der Waals surface area contributed by atoms with Crippen molar-refractivity contribution in [3.05, 3.63) is 59.4 Å². The molecule has 0 bridgehead atoms. The van der Waals surface area contributed by atoms with Gasteiger partial charge in [0, 0.05) is 18.3 Å². The first-order valence-electron chi connectivity index (χ1n) is 6.52. The first kappa shape index (κ1) is 14.8. The van der Waals surface area contributed by atoms with E-state index in [-0.39, 0.29) is 11.3 Å². The smallest absolute Gasteiger partial charge is 0.257 e. The van der Waals surface area contributed by atoms with E-state index < -0.39 is 17.8 Å². The highest BCUT2D eigenvalue weighted by Gasteiger charge is 2.23. The van der Waals surface area contributed by atoms with E-state index in [9.17, 15) is 14.3 Å². The van der Waals surface area contributed by atoms with Crippen LogP contribution in [0.25, 0.3) is 0 Å². The van der Waals surface area contributed by atoms with Gasteiger partial charge in [0.2, 0.25) is 0 Å². The van der Waals surface area contributed by atoms with Crippen molar-refractivity contribution in [2.75, 3.05) is 12.8 Å². The second-order valence-corrected chi connectivity index (χ2v) is 4.89. The van der Waals surface area contributed by atoms with Gasteiger partial charge in [-0.2, -0.15) is 0 Å². The summed E-state index contributed by atoms with van der Waals surface area (Å²) in [6, 6.07) is 10.2. The van der Waals surface area contributed by atoms with E-state index in [0.717, 1.165) is 0 Å². The Balaban J connectivity index is 2.31. The van der Waals surface area contributed by atoms with Crippen molar-refractivity contribution in [2.45, 2.75) is 13.0 Å². The van der Waals surface area contributed by atoms with Gasteiger partial charge in [-0.1, -0.05) is 18.2 Å². The maximum atomic E-state index is 13.8. The van der Waals surface area contributed by atoms with Gasteiger partial charge in [0.25, 0.3) is 5.91 Å². The first-order chi connectivity index (χ1) is 9.91. The number of benzene rings is 2. The number of carbonyl (C=O) groups excluding carboxylic acids is 1. The van der Waals surface area contributed by atoms with Crippen LogP contribution in [0, 0.1) is 5.82 Å². The monoisotopic (exact) mass is 288 g/mol. The molecule has 0 saturated carbocycles. The van der Waals surface area contributed by atoms with E-state index in [0.29, 0.717) is 11.3 Å². The summed E-state index contributed by atoms with van der Waals surface area (Å²) >= 11 is 0. The SMILES string of the molecule is CC(c1ccccc1O)N(C)C(=O)c1cc(N)ccc1F. The summed E-state index contributed by atoms with van der Waals surface area (Å²) in [6.07, 6.45) is 0. The van der Waals surface area contributed by atoms with Gasteiger partial charge in [0.1, 0.15) is 11.6 Å². The lowest BCUT2D eigenvalue weighted by atomic mass is 10.0. The first-order valence-corrected chi connectivity index (χ1v) is 6.52. The molecule has 110 valence electrons. The van der Waals surface area contributed by atoms with Crippen molar-refractivity contribution in [3.8, 4) is 5.75 Å². The van der Waals surface area contributed by atoms with E-state index >= 15 is 0 Å². The quantitative estimate of drug-likeness (QED) is 0.853. The third kappa shape index (κ3) is 2.97. The van der Waals surface area contributed by atoms with Crippen molar-refractivity contribution >= 4 is 11.6 Å². The number of phenolic OH excluding ortho intramolecular Hbond substituents is 1. The average molecular weight is 288 g/mol. The van der Waals surface area contributed by atoms with Crippen LogP contribution in [-0.4, -0.2) is 23.0 Å². The molecule has 0 aliphatic carbocycles. The fourth-order valence-electron chi connectivity index (χ4n) is 2.12. The normalized spacial score (nSPS) is 12.0. The molecule has 0 fully saturated rings. The van der Waals surface area contributed by atoms with E-state index in [1.807, 2.05) is 0 Å². The van der Waals surface area contributed by atoms with Crippen LogP contribution in [0.15, 0.2) is 42.5 Å². The molecule has 0 spiro atoms. The molecule has 5 heteroatoms. The molecule has 2 rings (SSSR count). The van der Waals surface area contributed by atoms with Gasteiger partial charge in [0.15, 0.2) is 0 Å². The van der Waals surface area contributed by atoms with Gasteiger partial charge in [-0.3, -0.25) is 4.79 Å². The standard InChI is InChI=1S/C16H17FN2O2/c1-10(12-5-3-4-6-15(12)20)19(2)16(21)13-9-11(18)7-8-14(13)17/h3-10,20H,18H2,1-2H3. The molecule has 0 aliphatic rings. The molecule has 1 atom stereocenters. The maximum Gasteiger partial charge on any atom is 0.257 e. The minimum Gasteiger partial charge on any atom is -0.508 e. The van der Waals surface area contributed by atoms with Crippen LogP contribution in [0.3, 0.4) is 0 Å². The number of aromatic hydroxyl groups is 1. The number of amides is 1. The highest BCUT2D eigenvalue weighted by molar-refractivity contribution is 5.95. The molecule has 0 saturated heterocycles. The number of phenols is 1. The van der Waals surface area contributed by atoms with E-state index in [1.165, 1.54) is 23.1 Å². The third-order valence-electron chi connectivity index (χ3n) is 3.51. The van der Waals surface area contributed by atoms with Gasteiger partial charge in [-0.15, -0.1) is 0 Å². The molecule has 0 radical (unpaired) electrons. The van der Waals surface area contributed by atoms with Crippen molar-refractivity contribution in [3.63, 3.8) is 0 Å². The molecular weight excluding hydrogens is 271 g/mol. The molecule has 2 aromatic rings. The maximum absolute atomic E-state index is 13.8. The summed E-state index contributed by atoms with van der Waals surface area (Å²) in [6.45, 7) is 1.76. The number of anilines is 1. The number of nitrogen functional groups attached to an aromatic ring is 1. The Bertz CT molecular complexity index is 673. The molecule has 0 heterocycles. The second-order valence-electron chi connectivity index (χ2n) is 4.89. The zero-order valence-corrected chi connectivity index (χ0v) is 11.9. The largest absolute Gasteiger partial charge is 0.508 e. The third-order valence-corrected chi connectivity index (χ3v) is 3.51. The number of para-hydroxylation sites is 1. The summed E-state index contributed by atoms with van der Waals surface area (Å²) in [5.41, 5.74) is 6.43. The molecular formula is C16H17FN2O2. The number of rotatable bonds is 3. The van der Waals surface area contributed by atoms with Gasteiger partial charge in [0.05, 0.1) is 11.6 Å². The van der Waals surface area contributed by atoms with Crippen LogP contribution in [0.2, 0.25) is 0 Å². The minimum absolute atomic E-state index is 0.0835. The Kier molecular flexibility index (Phi) is 4.12. The Morgan fingerprint density at radius 3 is 2.62 bits per heavy atom. The summed E-state index contributed by atoms with van der Waals surface area (Å²) in [5, 5.41) is 9.85. The van der Waals surface area contributed by atoms with Crippen LogP contribution in [0.1, 0.15) is 28.9 Å². The summed E-state index contributed by atoms with van der Waals surface area (Å²) in [4.78, 5) is 13.8. The zero-order chi connectivity index (χ0) is 15.6. The fourth-order valence-corrected chi connectivity index (χ4v) is 2.12. The zero-order valence-electron chi connectivity index (χ0n) is 11.9. The van der Waals surface area contributed by atoms with Crippen molar-refractivity contribution in [1.82, 2.24) is 4.90 Å². The molecule has 21 heavy (non-hydrogen) atoms. The Labute approximate surface area is 122 Å². The number of nitrogens with zero attached hydrogens (tertiary/aromatic N) is 1. The van der Waals surface area contributed by atoms with E-state index in [1.54, 1.807) is 38.2 Å². The summed E-state index contributed by atoms with van der Waals surface area (Å²) in [5.74, 6) is -1.02. The van der Waals surface area contributed by atoms with Crippen LogP contribution < -0.4 is 5.73 Å². The van der Waals surface area contributed by atoms with Crippen LogP contribution in [0.4, 0.5) is 10.1 Å². The fraction of sp³-hybridized carbons (Fsp3) is 0.188. The number of hydrogen-bond donors (Lipinski definition) is 2. The topological polar surface area (TPSA) is 66.6 Å². The van der Waals surface area contributed by atoms with Crippen molar-refractivity contribution < 1.29 is 14.3 Å². The van der Waals surface area contributed by atoms with Gasteiger partial charge < -0.3 is 15.7 Å². The number of hydrogen-bond acceptors (Lipinski definition) is 3. The number of carbonyl (C=O) groups is 1. The minimum atomic E-state index is -0.620. The second kappa shape index (κ2) is 5.83. The van der Waals surface area contributed by atoms with Gasteiger partial charge >= 0.3 is 0 Å². The highest BCUT2D eigenvalue weighted by Crippen LogP contribution is 2.28. The van der Waals surface area contributed by atoms with E-state index in [4.69, 9.17) is 5.73 Å². The summed E-state index contributed by atoms with van der Waals surface area (Å²) in [7, 11) is 1.56. The lowest BCUT2D eigenvalue weighted by Crippen LogP contribution is -2.30. The van der Waals surface area contributed by atoms with Crippen LogP contribution in [0.5, 0.6) is 5.75 Å². The Morgan fingerprint density at radius 1 is 1.29 bits per heavy atom. The lowest BCUT2D eigenvalue weighted by Gasteiger charge is -2.26. The summed E-state index contributed by atoms with van der Waals surface area (Å²) < 4.78 is 13.8. The predicted molar refractivity (Wildman–Crippen MR) is 79.4 cm³/mol. The molecule has 4 nitrogen and oxygen atoms in total. The van der Waals surface area contributed by atoms with Gasteiger partial charge in [-0.05, 0) is 31.2 Å². The van der Waals surface area contributed by atoms with Crippen LogP contribution >= 0.6 is 0 Å². The van der Waals surface area contributed by atoms with Gasteiger partial charge in [-0.25, -0.2) is 4.39 Å². The molecule has 1 unspecified atom stereocenters. The van der Waals surface area contributed by atoms with Crippen molar-refractivity contribution in [1.29, 1.82) is 0 Å². The molecule has 3 N–H and O–H groups in total. The molecule has 0 aromatic heterocycles. The average Bonchev–Trinajstić information content (AvgIpc) is 2.48. The number of halogens is 1.